The molecule has 3 rings (SSSR count). The standard InChI is InChI=1S/C18H27IN4O/c1-21(2)8-5-9-23-17-13(16(19)18(23)20)6-7-15-14(17)10-12(24-15)11-22(3)4/h6-7,12H,5,8-11,20H2,1-4H3. The van der Waals surface area contributed by atoms with Gasteiger partial charge in [-0.3, -0.25) is 0 Å². The van der Waals surface area contributed by atoms with Crippen LogP contribution < -0.4 is 10.5 Å². The highest BCUT2D eigenvalue weighted by Gasteiger charge is 2.28. The maximum Gasteiger partial charge on any atom is 0.125 e. The van der Waals surface area contributed by atoms with Gasteiger partial charge in [0, 0.05) is 30.5 Å². The van der Waals surface area contributed by atoms with Crippen molar-refractivity contribution in [2.45, 2.75) is 25.5 Å². The van der Waals surface area contributed by atoms with Gasteiger partial charge >= 0.3 is 0 Å². The zero-order chi connectivity index (χ0) is 17.4. The Hall–Kier alpha value is -0.990. The van der Waals surface area contributed by atoms with E-state index in [4.69, 9.17) is 10.5 Å². The van der Waals surface area contributed by atoms with E-state index in [1.807, 2.05) is 0 Å². The smallest absolute Gasteiger partial charge is 0.125 e. The molecule has 0 bridgehead atoms. The number of hydrogen-bond donors (Lipinski definition) is 1. The van der Waals surface area contributed by atoms with Gasteiger partial charge in [-0.2, -0.15) is 0 Å². The Morgan fingerprint density at radius 3 is 2.67 bits per heavy atom. The summed E-state index contributed by atoms with van der Waals surface area (Å²) in [5.74, 6) is 1.91. The second kappa shape index (κ2) is 7.09. The van der Waals surface area contributed by atoms with Crippen LogP contribution >= 0.6 is 22.6 Å². The minimum atomic E-state index is 0.226. The van der Waals surface area contributed by atoms with Gasteiger partial charge in [-0.25, -0.2) is 0 Å². The fourth-order valence-electron chi connectivity index (χ4n) is 3.52. The van der Waals surface area contributed by atoms with Crippen molar-refractivity contribution in [1.82, 2.24) is 14.4 Å². The van der Waals surface area contributed by atoms with E-state index in [1.165, 1.54) is 16.5 Å². The van der Waals surface area contributed by atoms with E-state index in [-0.39, 0.29) is 6.10 Å². The number of fused-ring (bicyclic) bond motifs is 3. The molecular weight excluding hydrogens is 415 g/mol. The van der Waals surface area contributed by atoms with Crippen molar-refractivity contribution < 1.29 is 4.74 Å². The van der Waals surface area contributed by atoms with Crippen molar-refractivity contribution in [3.63, 3.8) is 0 Å². The molecule has 1 aliphatic rings. The summed E-state index contributed by atoms with van der Waals surface area (Å²) < 4.78 is 9.62. The number of halogens is 1. The third kappa shape index (κ3) is 3.36. The van der Waals surface area contributed by atoms with Crippen molar-refractivity contribution >= 4 is 39.3 Å². The van der Waals surface area contributed by atoms with Crippen LogP contribution in [-0.2, 0) is 13.0 Å². The molecule has 0 fully saturated rings. The Morgan fingerprint density at radius 1 is 1.25 bits per heavy atom. The molecule has 2 heterocycles. The molecule has 1 aliphatic heterocycles. The number of rotatable bonds is 6. The molecule has 132 valence electrons. The monoisotopic (exact) mass is 442 g/mol. The molecule has 0 amide bonds. The number of nitrogens with two attached hydrogens (primary N) is 1. The van der Waals surface area contributed by atoms with Crippen LogP contribution in [0.4, 0.5) is 5.82 Å². The summed E-state index contributed by atoms with van der Waals surface area (Å²) in [6.45, 7) is 2.94. The molecule has 0 aliphatic carbocycles. The SMILES string of the molecule is CN(C)CCCn1c(N)c(I)c2ccc3c(c21)CC(CN(C)C)O3. The van der Waals surface area contributed by atoms with Crippen molar-refractivity contribution in [3.8, 4) is 5.75 Å². The van der Waals surface area contributed by atoms with Gasteiger partial charge in [0.2, 0.25) is 0 Å². The summed E-state index contributed by atoms with van der Waals surface area (Å²) in [5.41, 5.74) is 9.03. The van der Waals surface area contributed by atoms with Crippen LogP contribution in [-0.4, -0.2) is 61.8 Å². The fourth-order valence-corrected chi connectivity index (χ4v) is 4.25. The number of aryl methyl sites for hydroxylation is 1. The summed E-state index contributed by atoms with van der Waals surface area (Å²) in [7, 11) is 8.40. The lowest BCUT2D eigenvalue weighted by atomic mass is 10.1. The molecule has 2 aromatic rings. The average molecular weight is 442 g/mol. The lowest BCUT2D eigenvalue weighted by Gasteiger charge is -2.15. The molecular formula is C18H27IN4O. The third-order valence-electron chi connectivity index (χ3n) is 4.54. The van der Waals surface area contributed by atoms with E-state index in [0.717, 1.165) is 47.6 Å². The van der Waals surface area contributed by atoms with Crippen LogP contribution in [0.5, 0.6) is 5.75 Å². The molecule has 1 unspecified atom stereocenters. The minimum absolute atomic E-state index is 0.226. The summed E-state index contributed by atoms with van der Waals surface area (Å²) >= 11 is 2.37. The first-order valence-electron chi connectivity index (χ1n) is 8.43. The maximum atomic E-state index is 6.43. The fraction of sp³-hybridized carbons (Fsp3) is 0.556. The van der Waals surface area contributed by atoms with E-state index < -0.39 is 0 Å². The van der Waals surface area contributed by atoms with Gasteiger partial charge in [0.25, 0.3) is 0 Å². The second-order valence-corrected chi connectivity index (χ2v) is 8.23. The highest BCUT2D eigenvalue weighted by Crippen LogP contribution is 2.40. The molecule has 1 aromatic carbocycles. The predicted molar refractivity (Wildman–Crippen MR) is 109 cm³/mol. The zero-order valence-electron chi connectivity index (χ0n) is 15.0. The van der Waals surface area contributed by atoms with Crippen LogP contribution in [0.15, 0.2) is 12.1 Å². The molecule has 0 saturated heterocycles. The first-order chi connectivity index (χ1) is 11.4. The second-order valence-electron chi connectivity index (χ2n) is 7.15. The van der Waals surface area contributed by atoms with E-state index in [0.29, 0.717) is 0 Å². The molecule has 1 atom stereocenters. The average Bonchev–Trinajstić information content (AvgIpc) is 3.00. The number of nitrogen functional groups attached to an aromatic ring is 1. The zero-order valence-corrected chi connectivity index (χ0v) is 17.1. The van der Waals surface area contributed by atoms with Gasteiger partial charge < -0.3 is 24.8 Å². The van der Waals surface area contributed by atoms with E-state index in [2.05, 4.69) is 77.3 Å². The lowest BCUT2D eigenvalue weighted by Crippen LogP contribution is -2.29. The van der Waals surface area contributed by atoms with Gasteiger partial charge in [-0.1, -0.05) is 0 Å². The summed E-state index contributed by atoms with van der Waals surface area (Å²) in [6.07, 6.45) is 2.27. The van der Waals surface area contributed by atoms with Crippen LogP contribution in [0.3, 0.4) is 0 Å². The number of hydrogen-bond acceptors (Lipinski definition) is 4. The molecule has 1 aromatic heterocycles. The largest absolute Gasteiger partial charge is 0.488 e. The lowest BCUT2D eigenvalue weighted by molar-refractivity contribution is 0.184. The van der Waals surface area contributed by atoms with Crippen LogP contribution in [0.1, 0.15) is 12.0 Å². The number of ether oxygens (including phenoxy) is 1. The summed E-state index contributed by atoms with van der Waals surface area (Å²) in [5, 5.41) is 1.26. The first kappa shape index (κ1) is 17.8. The Kier molecular flexibility index (Phi) is 5.27. The van der Waals surface area contributed by atoms with Gasteiger partial charge in [-0.15, -0.1) is 0 Å². The molecule has 2 N–H and O–H groups in total. The maximum absolute atomic E-state index is 6.43. The van der Waals surface area contributed by atoms with Crippen molar-refractivity contribution in [2.75, 3.05) is 47.0 Å². The summed E-state index contributed by atoms with van der Waals surface area (Å²) in [4.78, 5) is 4.40. The molecule has 0 saturated carbocycles. The Labute approximate surface area is 157 Å². The molecule has 5 nitrogen and oxygen atoms in total. The highest BCUT2D eigenvalue weighted by molar-refractivity contribution is 14.1. The van der Waals surface area contributed by atoms with Crippen molar-refractivity contribution in [3.05, 3.63) is 21.3 Å². The molecule has 0 radical (unpaired) electrons. The van der Waals surface area contributed by atoms with Crippen LogP contribution in [0, 0.1) is 3.57 Å². The molecule has 24 heavy (non-hydrogen) atoms. The van der Waals surface area contributed by atoms with Crippen molar-refractivity contribution in [1.29, 1.82) is 0 Å². The topological polar surface area (TPSA) is 46.7 Å². The van der Waals surface area contributed by atoms with E-state index in [1.54, 1.807) is 0 Å². The third-order valence-corrected chi connectivity index (χ3v) is 5.68. The number of likely N-dealkylation sites (N-methyl/N-ethyl adjacent to an activating group) is 1. The predicted octanol–water partition coefficient (Wildman–Crippen LogP) is 2.64. The minimum Gasteiger partial charge on any atom is -0.488 e. The van der Waals surface area contributed by atoms with Gasteiger partial charge in [0.1, 0.15) is 17.7 Å². The highest BCUT2D eigenvalue weighted by atomic mass is 127. The van der Waals surface area contributed by atoms with Gasteiger partial charge in [0.05, 0.1) is 9.09 Å². The quantitative estimate of drug-likeness (QED) is 0.699. The Morgan fingerprint density at radius 2 is 2.00 bits per heavy atom. The van der Waals surface area contributed by atoms with Gasteiger partial charge in [0.15, 0.2) is 0 Å². The van der Waals surface area contributed by atoms with Crippen LogP contribution in [0.2, 0.25) is 0 Å². The molecule has 0 spiro atoms. The van der Waals surface area contributed by atoms with Crippen molar-refractivity contribution in [2.24, 2.45) is 0 Å². The number of nitrogens with zero attached hydrogens (tertiary/aromatic N) is 3. The van der Waals surface area contributed by atoms with E-state index in [9.17, 15) is 0 Å². The number of anilines is 1. The summed E-state index contributed by atoms with van der Waals surface area (Å²) in [6, 6.07) is 4.27. The first-order valence-corrected chi connectivity index (χ1v) is 9.51. The Bertz CT molecular complexity index is 738. The number of aromatic nitrogens is 1. The van der Waals surface area contributed by atoms with Crippen LogP contribution in [0.25, 0.3) is 10.9 Å². The normalized spacial score (nSPS) is 17.0. The number of benzene rings is 1. The molecule has 6 heteroatoms. The Balaban J connectivity index is 1.97. The van der Waals surface area contributed by atoms with Gasteiger partial charge in [-0.05, 0) is 75.9 Å². The van der Waals surface area contributed by atoms with E-state index >= 15 is 0 Å².